The summed E-state index contributed by atoms with van der Waals surface area (Å²) in [6.07, 6.45) is 2.94. The first-order valence-corrected chi connectivity index (χ1v) is 7.40. The molecule has 0 atom stereocenters. The van der Waals surface area contributed by atoms with E-state index in [-0.39, 0.29) is 22.4 Å². The van der Waals surface area contributed by atoms with Gasteiger partial charge in [0.2, 0.25) is 5.95 Å². The molecule has 0 aliphatic heterocycles. The molecule has 0 fully saturated rings. The fourth-order valence-corrected chi connectivity index (χ4v) is 2.98. The number of sulfonamides is 1. The Labute approximate surface area is 121 Å². The number of nitrogens with two attached hydrogens (primary N) is 1. The van der Waals surface area contributed by atoms with E-state index < -0.39 is 10.0 Å². The number of aromatic amines is 1. The van der Waals surface area contributed by atoms with Gasteiger partial charge in [-0.2, -0.15) is 0 Å². The first kappa shape index (κ1) is 14.4. The van der Waals surface area contributed by atoms with Gasteiger partial charge in [0.25, 0.3) is 10.0 Å². The SMILES string of the molecule is NCC#Cc1ccc(S(=O)(=O)Nc2ncc[nH]2)c(Cl)c1. The van der Waals surface area contributed by atoms with E-state index in [4.69, 9.17) is 17.3 Å². The van der Waals surface area contributed by atoms with Gasteiger partial charge in [0, 0.05) is 18.0 Å². The number of benzene rings is 1. The Morgan fingerprint density at radius 1 is 1.45 bits per heavy atom. The van der Waals surface area contributed by atoms with E-state index in [1.807, 2.05) is 0 Å². The van der Waals surface area contributed by atoms with Crippen LogP contribution < -0.4 is 10.5 Å². The molecular formula is C12H11ClN4O2S. The summed E-state index contributed by atoms with van der Waals surface area (Å²) in [4.78, 5) is 6.38. The van der Waals surface area contributed by atoms with Crippen molar-refractivity contribution in [3.05, 3.63) is 41.2 Å². The average Bonchev–Trinajstić information content (AvgIpc) is 2.88. The summed E-state index contributed by atoms with van der Waals surface area (Å²) in [7, 11) is -3.80. The van der Waals surface area contributed by atoms with E-state index in [1.165, 1.54) is 24.5 Å². The monoisotopic (exact) mass is 310 g/mol. The van der Waals surface area contributed by atoms with Gasteiger partial charge in [-0.3, -0.25) is 0 Å². The first-order chi connectivity index (χ1) is 9.53. The van der Waals surface area contributed by atoms with Gasteiger partial charge in [-0.25, -0.2) is 18.1 Å². The van der Waals surface area contributed by atoms with Crippen molar-refractivity contribution in [2.45, 2.75) is 4.90 Å². The molecule has 0 aliphatic carbocycles. The Bertz CT molecular complexity index is 760. The molecule has 2 aromatic rings. The quantitative estimate of drug-likeness (QED) is 0.741. The highest BCUT2D eigenvalue weighted by molar-refractivity contribution is 7.92. The summed E-state index contributed by atoms with van der Waals surface area (Å²) < 4.78 is 26.6. The lowest BCUT2D eigenvalue weighted by Gasteiger charge is -2.07. The summed E-state index contributed by atoms with van der Waals surface area (Å²) in [6, 6.07) is 4.42. The van der Waals surface area contributed by atoms with Gasteiger partial charge in [0.1, 0.15) is 4.90 Å². The third kappa shape index (κ3) is 3.30. The summed E-state index contributed by atoms with van der Waals surface area (Å²) in [5.74, 6) is 5.56. The van der Waals surface area contributed by atoms with Crippen LogP contribution in [0, 0.1) is 11.8 Å². The molecule has 2 rings (SSSR count). The Kier molecular flexibility index (Phi) is 4.29. The molecule has 4 N–H and O–H groups in total. The summed E-state index contributed by atoms with van der Waals surface area (Å²) in [5.41, 5.74) is 5.86. The lowest BCUT2D eigenvalue weighted by Crippen LogP contribution is -2.14. The second-order valence-corrected chi connectivity index (χ2v) is 5.75. The average molecular weight is 311 g/mol. The number of H-pyrrole nitrogens is 1. The second-order valence-electron chi connectivity index (χ2n) is 3.69. The third-order valence-electron chi connectivity index (χ3n) is 2.29. The van der Waals surface area contributed by atoms with Crippen LogP contribution in [-0.2, 0) is 10.0 Å². The molecule has 0 spiro atoms. The van der Waals surface area contributed by atoms with Crippen molar-refractivity contribution in [1.29, 1.82) is 0 Å². The predicted molar refractivity (Wildman–Crippen MR) is 76.8 cm³/mol. The fraction of sp³-hybridized carbons (Fsp3) is 0.0833. The first-order valence-electron chi connectivity index (χ1n) is 5.53. The molecule has 0 unspecified atom stereocenters. The van der Waals surface area contributed by atoms with E-state index in [0.717, 1.165) is 0 Å². The van der Waals surface area contributed by atoms with Gasteiger partial charge in [-0.05, 0) is 18.2 Å². The molecular weight excluding hydrogens is 300 g/mol. The van der Waals surface area contributed by atoms with Crippen molar-refractivity contribution >= 4 is 27.6 Å². The normalized spacial score (nSPS) is 10.7. The van der Waals surface area contributed by atoms with Crippen LogP contribution in [0.2, 0.25) is 5.02 Å². The number of nitrogens with one attached hydrogen (secondary N) is 2. The molecule has 6 nitrogen and oxygen atoms in total. The van der Waals surface area contributed by atoms with Crippen LogP contribution in [-0.4, -0.2) is 24.9 Å². The molecule has 20 heavy (non-hydrogen) atoms. The number of nitrogens with zero attached hydrogens (tertiary/aromatic N) is 1. The van der Waals surface area contributed by atoms with Crippen LogP contribution in [0.25, 0.3) is 0 Å². The van der Waals surface area contributed by atoms with Crippen LogP contribution in [0.3, 0.4) is 0 Å². The highest BCUT2D eigenvalue weighted by Crippen LogP contribution is 2.23. The van der Waals surface area contributed by atoms with Gasteiger partial charge in [0.05, 0.1) is 11.6 Å². The van der Waals surface area contributed by atoms with Crippen LogP contribution in [0.1, 0.15) is 5.56 Å². The highest BCUT2D eigenvalue weighted by Gasteiger charge is 2.19. The van der Waals surface area contributed by atoms with Crippen molar-refractivity contribution in [3.63, 3.8) is 0 Å². The zero-order chi connectivity index (χ0) is 14.6. The molecule has 104 valence electrons. The molecule has 0 saturated carbocycles. The van der Waals surface area contributed by atoms with Crippen LogP contribution in [0.15, 0.2) is 35.5 Å². The zero-order valence-electron chi connectivity index (χ0n) is 10.2. The van der Waals surface area contributed by atoms with Crippen LogP contribution >= 0.6 is 11.6 Å². The van der Waals surface area contributed by atoms with Crippen molar-refractivity contribution < 1.29 is 8.42 Å². The zero-order valence-corrected chi connectivity index (χ0v) is 11.8. The molecule has 8 heteroatoms. The third-order valence-corrected chi connectivity index (χ3v) is 4.11. The summed E-state index contributed by atoms with van der Waals surface area (Å²) in [5, 5.41) is 0.0767. The molecule has 0 bridgehead atoms. The van der Waals surface area contributed by atoms with Crippen molar-refractivity contribution in [2.75, 3.05) is 11.3 Å². The predicted octanol–water partition coefficient (Wildman–Crippen LogP) is 1.17. The van der Waals surface area contributed by atoms with E-state index in [0.29, 0.717) is 5.56 Å². The van der Waals surface area contributed by atoms with E-state index >= 15 is 0 Å². The maximum atomic E-state index is 12.1. The van der Waals surface area contributed by atoms with Gasteiger partial charge < -0.3 is 10.7 Å². The lowest BCUT2D eigenvalue weighted by atomic mass is 10.2. The maximum absolute atomic E-state index is 12.1. The number of imidazole rings is 1. The van der Waals surface area contributed by atoms with E-state index in [1.54, 1.807) is 6.07 Å². The lowest BCUT2D eigenvalue weighted by molar-refractivity contribution is 0.601. The smallest absolute Gasteiger partial charge is 0.265 e. The maximum Gasteiger partial charge on any atom is 0.265 e. The molecule has 1 aromatic heterocycles. The Balaban J connectivity index is 2.33. The number of halogens is 1. The van der Waals surface area contributed by atoms with Crippen LogP contribution in [0.4, 0.5) is 5.95 Å². The number of anilines is 1. The number of hydrogen-bond donors (Lipinski definition) is 3. The van der Waals surface area contributed by atoms with Crippen molar-refractivity contribution in [1.82, 2.24) is 9.97 Å². The number of aromatic nitrogens is 2. The minimum atomic E-state index is -3.80. The molecule has 0 amide bonds. The summed E-state index contributed by atoms with van der Waals surface area (Å²) in [6.45, 7) is 0.220. The Morgan fingerprint density at radius 2 is 2.25 bits per heavy atom. The molecule has 0 aliphatic rings. The minimum Gasteiger partial charge on any atom is -0.330 e. The molecule has 0 radical (unpaired) electrons. The number of rotatable bonds is 3. The number of hydrogen-bond acceptors (Lipinski definition) is 4. The van der Waals surface area contributed by atoms with Gasteiger partial charge in [0.15, 0.2) is 0 Å². The second kappa shape index (κ2) is 5.96. The van der Waals surface area contributed by atoms with Crippen LogP contribution in [0.5, 0.6) is 0 Å². The standard InChI is InChI=1S/C12H11ClN4O2S/c13-10-8-9(2-1-5-14)3-4-11(10)20(18,19)17-12-15-6-7-16-12/h3-4,6-8H,5,14H2,(H2,15,16,17). The Morgan fingerprint density at radius 3 is 2.85 bits per heavy atom. The van der Waals surface area contributed by atoms with Gasteiger partial charge in [-0.1, -0.05) is 23.4 Å². The van der Waals surface area contributed by atoms with E-state index in [2.05, 4.69) is 26.5 Å². The molecule has 1 heterocycles. The molecule has 0 saturated heterocycles. The highest BCUT2D eigenvalue weighted by atomic mass is 35.5. The van der Waals surface area contributed by atoms with Crippen molar-refractivity contribution in [2.24, 2.45) is 5.73 Å². The topological polar surface area (TPSA) is 101 Å². The largest absolute Gasteiger partial charge is 0.330 e. The van der Waals surface area contributed by atoms with Gasteiger partial charge in [-0.15, -0.1) is 0 Å². The van der Waals surface area contributed by atoms with Gasteiger partial charge >= 0.3 is 0 Å². The van der Waals surface area contributed by atoms with Crippen molar-refractivity contribution in [3.8, 4) is 11.8 Å². The summed E-state index contributed by atoms with van der Waals surface area (Å²) >= 11 is 5.98. The minimum absolute atomic E-state index is 0.0473. The Hall–Kier alpha value is -2.01. The fourth-order valence-electron chi connectivity index (χ4n) is 1.45. The molecule has 1 aromatic carbocycles. The van der Waals surface area contributed by atoms with E-state index in [9.17, 15) is 8.42 Å².